The summed E-state index contributed by atoms with van der Waals surface area (Å²) in [5.41, 5.74) is 0.0634. The van der Waals surface area contributed by atoms with Gasteiger partial charge in [0, 0.05) is 41.6 Å². The van der Waals surface area contributed by atoms with Crippen molar-refractivity contribution in [1.82, 2.24) is 4.98 Å². The third-order valence-corrected chi connectivity index (χ3v) is 5.37. The molecule has 1 aromatic heterocycles. The van der Waals surface area contributed by atoms with Gasteiger partial charge in [0.1, 0.15) is 11.3 Å². The Kier molecular flexibility index (Phi) is 6.31. The molecular weight excluding hydrogens is 438 g/mol. The first kappa shape index (κ1) is 22.3. The van der Waals surface area contributed by atoms with Gasteiger partial charge in [-0.15, -0.1) is 0 Å². The topological polar surface area (TPSA) is 107 Å². The lowest BCUT2D eigenvalue weighted by Crippen LogP contribution is -2.36. The summed E-state index contributed by atoms with van der Waals surface area (Å²) in [6.07, 6.45) is -1.39. The number of para-hydroxylation sites is 1. The van der Waals surface area contributed by atoms with Gasteiger partial charge in [0.15, 0.2) is 0 Å². The van der Waals surface area contributed by atoms with Gasteiger partial charge in [-0.1, -0.05) is 18.2 Å². The lowest BCUT2D eigenvalue weighted by molar-refractivity contribution is -0.384. The van der Waals surface area contributed by atoms with Crippen LogP contribution in [0.4, 0.5) is 31.5 Å². The van der Waals surface area contributed by atoms with E-state index in [4.69, 9.17) is 9.47 Å². The Morgan fingerprint density at radius 3 is 2.67 bits per heavy atom. The zero-order valence-corrected chi connectivity index (χ0v) is 17.6. The molecule has 1 saturated heterocycles. The van der Waals surface area contributed by atoms with Crippen molar-refractivity contribution in [2.45, 2.75) is 6.43 Å². The molecule has 0 aliphatic carbocycles. The number of nitro benzene ring substituents is 1. The van der Waals surface area contributed by atoms with Crippen molar-refractivity contribution in [3.63, 3.8) is 0 Å². The van der Waals surface area contributed by atoms with Gasteiger partial charge in [-0.2, -0.15) is 0 Å². The van der Waals surface area contributed by atoms with E-state index in [2.05, 4.69) is 10.3 Å². The number of morpholine rings is 1. The number of aromatic nitrogens is 1. The predicted molar refractivity (Wildman–Crippen MR) is 117 cm³/mol. The highest BCUT2D eigenvalue weighted by molar-refractivity contribution is 6.01. The van der Waals surface area contributed by atoms with Crippen LogP contribution in [0.1, 0.15) is 22.3 Å². The van der Waals surface area contributed by atoms with Crippen molar-refractivity contribution in [3.8, 4) is 0 Å². The van der Waals surface area contributed by atoms with Gasteiger partial charge in [-0.05, 0) is 18.2 Å². The lowest BCUT2D eigenvalue weighted by Gasteiger charge is -2.29. The van der Waals surface area contributed by atoms with Gasteiger partial charge in [-0.25, -0.2) is 13.6 Å². The number of nitrogens with zero attached hydrogens (tertiary/aromatic N) is 3. The summed E-state index contributed by atoms with van der Waals surface area (Å²) < 4.78 is 37.0. The Hall–Kier alpha value is -3.86. The van der Waals surface area contributed by atoms with E-state index in [9.17, 15) is 23.7 Å². The standard InChI is InChI=1S/C22H20F2N4O5/c1-32-22(29)16-11-13(27-7-9-33-10-8-27)12-18(20(16)28(30)31)26-17-5-6-25-19-14(17)3-2-4-15(19)21(23)24/h2-6,11-12,21H,7-10H2,1H3,(H,25,26). The minimum Gasteiger partial charge on any atom is -0.465 e. The van der Waals surface area contributed by atoms with Gasteiger partial charge in [-0.3, -0.25) is 15.1 Å². The van der Waals surface area contributed by atoms with E-state index in [1.165, 1.54) is 30.5 Å². The van der Waals surface area contributed by atoms with Crippen LogP contribution in [0.5, 0.6) is 0 Å². The van der Waals surface area contributed by atoms with Gasteiger partial charge in [0.05, 0.1) is 30.8 Å². The summed E-state index contributed by atoms with van der Waals surface area (Å²) in [6.45, 7) is 2.01. The summed E-state index contributed by atoms with van der Waals surface area (Å²) in [6, 6.07) is 8.84. The molecule has 3 aromatic rings. The second kappa shape index (κ2) is 9.33. The number of methoxy groups -OCH3 is 1. The molecule has 0 spiro atoms. The number of halogens is 2. The number of hydrogen-bond acceptors (Lipinski definition) is 8. The van der Waals surface area contributed by atoms with Crippen LogP contribution in [0.15, 0.2) is 42.6 Å². The molecule has 33 heavy (non-hydrogen) atoms. The second-order valence-electron chi connectivity index (χ2n) is 7.27. The van der Waals surface area contributed by atoms with Gasteiger partial charge in [0.2, 0.25) is 0 Å². The van der Waals surface area contributed by atoms with Crippen LogP contribution in [0.3, 0.4) is 0 Å². The summed E-state index contributed by atoms with van der Waals surface area (Å²) >= 11 is 0. The maximum absolute atomic E-state index is 13.4. The van der Waals surface area contributed by atoms with Crippen LogP contribution in [0.2, 0.25) is 0 Å². The van der Waals surface area contributed by atoms with E-state index in [-0.39, 0.29) is 22.3 Å². The minimum atomic E-state index is -2.73. The van der Waals surface area contributed by atoms with Crippen LogP contribution < -0.4 is 10.2 Å². The molecule has 0 saturated carbocycles. The summed E-state index contributed by atoms with van der Waals surface area (Å²) in [4.78, 5) is 29.7. The third kappa shape index (κ3) is 4.40. The third-order valence-electron chi connectivity index (χ3n) is 5.37. The van der Waals surface area contributed by atoms with Crippen LogP contribution in [0.25, 0.3) is 10.9 Å². The van der Waals surface area contributed by atoms with E-state index in [1.54, 1.807) is 12.1 Å². The summed E-state index contributed by atoms with van der Waals surface area (Å²) in [5, 5.41) is 15.3. The molecule has 2 heterocycles. The number of benzene rings is 2. The molecule has 0 unspecified atom stereocenters. The number of esters is 1. The highest BCUT2D eigenvalue weighted by Crippen LogP contribution is 2.38. The first-order valence-electron chi connectivity index (χ1n) is 10.1. The van der Waals surface area contributed by atoms with Crippen LogP contribution >= 0.6 is 0 Å². The fourth-order valence-corrected chi connectivity index (χ4v) is 3.81. The highest BCUT2D eigenvalue weighted by atomic mass is 19.3. The van der Waals surface area contributed by atoms with Crippen molar-refractivity contribution < 1.29 is 28.0 Å². The number of hydrogen-bond donors (Lipinski definition) is 1. The van der Waals surface area contributed by atoms with Gasteiger partial charge >= 0.3 is 11.7 Å². The monoisotopic (exact) mass is 458 g/mol. The Morgan fingerprint density at radius 1 is 1.24 bits per heavy atom. The number of anilines is 3. The van der Waals surface area contributed by atoms with Crippen molar-refractivity contribution in [1.29, 1.82) is 0 Å². The van der Waals surface area contributed by atoms with Crippen LogP contribution in [-0.4, -0.2) is 49.3 Å². The molecule has 11 heteroatoms. The van der Waals surface area contributed by atoms with Crippen LogP contribution in [0, 0.1) is 10.1 Å². The maximum atomic E-state index is 13.4. The molecule has 1 N–H and O–H groups in total. The molecule has 0 amide bonds. The molecule has 4 rings (SSSR count). The zero-order valence-electron chi connectivity index (χ0n) is 17.6. The van der Waals surface area contributed by atoms with E-state index >= 15 is 0 Å². The molecule has 1 aliphatic rings. The van der Waals surface area contributed by atoms with Crippen molar-refractivity contribution in [2.75, 3.05) is 43.6 Å². The first-order chi connectivity index (χ1) is 15.9. The SMILES string of the molecule is COC(=O)c1cc(N2CCOCC2)cc(Nc2ccnc3c(C(F)F)cccc23)c1[N+](=O)[O-]. The molecule has 0 bridgehead atoms. The molecule has 2 aromatic carbocycles. The highest BCUT2D eigenvalue weighted by Gasteiger charge is 2.29. The number of nitro groups is 1. The van der Waals surface area contributed by atoms with E-state index in [1.807, 2.05) is 4.90 Å². The molecule has 9 nitrogen and oxygen atoms in total. The Balaban J connectivity index is 1.88. The molecule has 1 fully saturated rings. The number of carbonyl (C=O) groups excluding carboxylic acids is 1. The lowest BCUT2D eigenvalue weighted by atomic mass is 10.1. The first-order valence-corrected chi connectivity index (χ1v) is 10.1. The van der Waals surface area contributed by atoms with Gasteiger partial charge in [0.25, 0.3) is 6.43 Å². The van der Waals surface area contributed by atoms with Crippen molar-refractivity contribution >= 4 is 39.6 Å². The fourth-order valence-electron chi connectivity index (χ4n) is 3.81. The number of alkyl halides is 2. The summed E-state index contributed by atoms with van der Waals surface area (Å²) in [5.74, 6) is -0.862. The average molecular weight is 458 g/mol. The smallest absolute Gasteiger partial charge is 0.345 e. The number of fused-ring (bicyclic) bond motifs is 1. The fraction of sp³-hybridized carbons (Fsp3) is 0.273. The number of ether oxygens (including phenoxy) is 2. The second-order valence-corrected chi connectivity index (χ2v) is 7.27. The van der Waals surface area contributed by atoms with Crippen LogP contribution in [-0.2, 0) is 9.47 Å². The predicted octanol–water partition coefficient (Wildman–Crippen LogP) is 4.45. The van der Waals surface area contributed by atoms with Crippen molar-refractivity contribution in [3.05, 3.63) is 63.8 Å². The molecule has 1 aliphatic heterocycles. The number of rotatable bonds is 6. The number of pyridine rings is 1. The van der Waals surface area contributed by atoms with E-state index in [0.29, 0.717) is 43.1 Å². The average Bonchev–Trinajstić information content (AvgIpc) is 2.83. The maximum Gasteiger partial charge on any atom is 0.345 e. The largest absolute Gasteiger partial charge is 0.465 e. The Morgan fingerprint density at radius 2 is 2.00 bits per heavy atom. The number of carbonyl (C=O) groups is 1. The summed E-state index contributed by atoms with van der Waals surface area (Å²) in [7, 11) is 1.14. The molecular formula is C22H20F2N4O5. The van der Waals surface area contributed by atoms with E-state index < -0.39 is 23.0 Å². The zero-order chi connectivity index (χ0) is 23.5. The molecule has 0 atom stereocenters. The Bertz CT molecular complexity index is 1210. The van der Waals surface area contributed by atoms with Crippen molar-refractivity contribution in [2.24, 2.45) is 0 Å². The van der Waals surface area contributed by atoms with Gasteiger partial charge < -0.3 is 19.7 Å². The van der Waals surface area contributed by atoms with E-state index in [0.717, 1.165) is 7.11 Å². The molecule has 0 radical (unpaired) electrons. The normalized spacial score (nSPS) is 13.9. The molecule has 172 valence electrons. The Labute approximate surface area is 187 Å². The quantitative estimate of drug-likeness (QED) is 0.328. The minimum absolute atomic E-state index is 0.0272. The number of nitrogens with one attached hydrogen (secondary N) is 1.